The molecule has 0 fully saturated rings. The Morgan fingerprint density at radius 2 is 1.24 bits per heavy atom. The molecular formula is C17H15Cl2N5O. The summed E-state index contributed by atoms with van der Waals surface area (Å²) in [7, 11) is 0. The largest absolute Gasteiger partial charge is 0.273 e. The van der Waals surface area contributed by atoms with Gasteiger partial charge in [-0.3, -0.25) is 4.79 Å². The standard InChI is InChI=1S/C17H15Cl2N5O/c1-12(25)22-17(23-20-10-13-2-6-15(18)7-3-13)24-21-11-14-4-8-16(19)9-5-14/h2-11H,1H3,(H2,22,23,24,25)/b20-10+,21-11+. The first-order valence-electron chi connectivity index (χ1n) is 7.21. The number of carbonyl (C=O) groups excluding carboxylic acids is 1. The molecule has 25 heavy (non-hydrogen) atoms. The Morgan fingerprint density at radius 3 is 1.60 bits per heavy atom. The number of guanidine groups is 1. The second-order valence-corrected chi connectivity index (χ2v) is 5.70. The van der Waals surface area contributed by atoms with E-state index < -0.39 is 5.91 Å². The Hall–Kier alpha value is -2.70. The van der Waals surface area contributed by atoms with Crippen LogP contribution in [0.5, 0.6) is 0 Å². The van der Waals surface area contributed by atoms with Crippen LogP contribution in [0.2, 0.25) is 10.0 Å². The van der Waals surface area contributed by atoms with Crippen LogP contribution in [-0.4, -0.2) is 24.3 Å². The molecule has 2 N–H and O–H groups in total. The molecule has 0 heterocycles. The minimum Gasteiger partial charge on any atom is -0.273 e. The lowest BCUT2D eigenvalue weighted by Gasteiger charge is -2.03. The molecule has 128 valence electrons. The molecule has 0 saturated carbocycles. The van der Waals surface area contributed by atoms with Gasteiger partial charge in [-0.05, 0) is 35.4 Å². The Morgan fingerprint density at radius 1 is 0.840 bits per heavy atom. The summed E-state index contributed by atoms with van der Waals surface area (Å²) in [5.41, 5.74) is 6.93. The van der Waals surface area contributed by atoms with Crippen LogP contribution < -0.4 is 10.9 Å². The third-order valence-corrected chi connectivity index (χ3v) is 3.28. The van der Waals surface area contributed by atoms with Gasteiger partial charge in [0.25, 0.3) is 0 Å². The summed E-state index contributed by atoms with van der Waals surface area (Å²) in [5, 5.41) is 9.30. The van der Waals surface area contributed by atoms with E-state index >= 15 is 0 Å². The van der Waals surface area contributed by atoms with Crippen LogP contribution in [0.3, 0.4) is 0 Å². The maximum absolute atomic E-state index is 11.2. The molecule has 0 atom stereocenters. The second-order valence-electron chi connectivity index (χ2n) is 4.82. The molecule has 0 unspecified atom stereocenters. The number of carbonyl (C=O) groups is 1. The number of hydrogen-bond donors (Lipinski definition) is 2. The van der Waals surface area contributed by atoms with E-state index in [0.29, 0.717) is 10.0 Å². The zero-order chi connectivity index (χ0) is 18.1. The average Bonchev–Trinajstić information content (AvgIpc) is 2.58. The predicted molar refractivity (Wildman–Crippen MR) is 102 cm³/mol. The first kappa shape index (κ1) is 18.6. The molecule has 0 bridgehead atoms. The normalized spacial score (nSPS) is 10.8. The van der Waals surface area contributed by atoms with Gasteiger partial charge < -0.3 is 0 Å². The summed E-state index contributed by atoms with van der Waals surface area (Å²) in [6, 6.07) is 14.2. The van der Waals surface area contributed by atoms with Gasteiger partial charge in [0.2, 0.25) is 11.9 Å². The van der Waals surface area contributed by atoms with Crippen molar-refractivity contribution in [3.8, 4) is 0 Å². The minimum absolute atomic E-state index is 0.0999. The van der Waals surface area contributed by atoms with Crippen molar-refractivity contribution in [3.05, 3.63) is 69.7 Å². The van der Waals surface area contributed by atoms with Gasteiger partial charge >= 0.3 is 0 Å². The fourth-order valence-electron chi connectivity index (χ4n) is 1.67. The zero-order valence-corrected chi connectivity index (χ0v) is 14.8. The van der Waals surface area contributed by atoms with Gasteiger partial charge in [0.15, 0.2) is 0 Å². The van der Waals surface area contributed by atoms with Crippen molar-refractivity contribution in [2.45, 2.75) is 6.92 Å². The number of nitrogens with zero attached hydrogens (tertiary/aromatic N) is 3. The monoisotopic (exact) mass is 375 g/mol. The summed E-state index contributed by atoms with van der Waals surface area (Å²) in [6.45, 7) is 1.33. The highest BCUT2D eigenvalue weighted by atomic mass is 35.5. The van der Waals surface area contributed by atoms with Gasteiger partial charge in [-0.2, -0.15) is 15.2 Å². The second kappa shape index (κ2) is 9.56. The maximum Gasteiger partial charge on any atom is 0.245 e. The van der Waals surface area contributed by atoms with Gasteiger partial charge in [0, 0.05) is 17.0 Å². The number of hydrazone groups is 2. The van der Waals surface area contributed by atoms with Crippen LogP contribution in [0.4, 0.5) is 0 Å². The first-order valence-corrected chi connectivity index (χ1v) is 7.97. The van der Waals surface area contributed by atoms with E-state index in [0.717, 1.165) is 11.1 Å². The number of hydrogen-bond acceptors (Lipinski definition) is 3. The summed E-state index contributed by atoms with van der Waals surface area (Å²) in [4.78, 5) is 14.9. The Bertz CT molecular complexity index is 739. The van der Waals surface area contributed by atoms with Crippen molar-refractivity contribution in [3.63, 3.8) is 0 Å². The lowest BCUT2D eigenvalue weighted by atomic mass is 10.2. The number of amides is 1. The highest BCUT2D eigenvalue weighted by Gasteiger charge is 1.97. The molecule has 0 saturated heterocycles. The highest BCUT2D eigenvalue weighted by Crippen LogP contribution is 2.08. The maximum atomic E-state index is 11.2. The van der Waals surface area contributed by atoms with Crippen LogP contribution in [0.25, 0.3) is 0 Å². The summed E-state index contributed by atoms with van der Waals surface area (Å²) >= 11 is 11.6. The van der Waals surface area contributed by atoms with Gasteiger partial charge in [-0.15, -0.1) is 0 Å². The van der Waals surface area contributed by atoms with Crippen LogP contribution >= 0.6 is 23.2 Å². The summed E-state index contributed by atoms with van der Waals surface area (Å²) in [6.07, 6.45) is 3.13. The number of benzene rings is 2. The van der Waals surface area contributed by atoms with E-state index in [-0.39, 0.29) is 5.96 Å². The van der Waals surface area contributed by atoms with Crippen molar-refractivity contribution >= 4 is 47.5 Å². The van der Waals surface area contributed by atoms with Gasteiger partial charge in [0.1, 0.15) is 0 Å². The van der Waals surface area contributed by atoms with Crippen molar-refractivity contribution < 1.29 is 4.79 Å². The summed E-state index contributed by atoms with van der Waals surface area (Å²) < 4.78 is 0. The van der Waals surface area contributed by atoms with E-state index in [1.54, 1.807) is 61.0 Å². The van der Waals surface area contributed by atoms with E-state index in [1.165, 1.54) is 6.92 Å². The number of rotatable bonds is 4. The average molecular weight is 376 g/mol. The smallest absolute Gasteiger partial charge is 0.245 e. The molecule has 6 nitrogen and oxygen atoms in total. The fraction of sp³-hybridized carbons (Fsp3) is 0.0588. The predicted octanol–water partition coefficient (Wildman–Crippen LogP) is 3.44. The molecule has 2 aromatic carbocycles. The molecule has 1 amide bonds. The van der Waals surface area contributed by atoms with Crippen LogP contribution in [0.15, 0.2) is 63.7 Å². The van der Waals surface area contributed by atoms with E-state index in [9.17, 15) is 4.79 Å². The fourth-order valence-corrected chi connectivity index (χ4v) is 1.92. The third kappa shape index (κ3) is 7.15. The lowest BCUT2D eigenvalue weighted by molar-refractivity contribution is -0.115. The number of nitrogens with one attached hydrogen (secondary N) is 2. The molecule has 0 radical (unpaired) electrons. The molecule has 0 aromatic heterocycles. The van der Waals surface area contributed by atoms with E-state index in [1.807, 2.05) is 0 Å². The van der Waals surface area contributed by atoms with Gasteiger partial charge in [-0.25, -0.2) is 10.9 Å². The SMILES string of the molecule is CC(=O)N=C(N/N=C/c1ccc(Cl)cc1)N/N=C/c1ccc(Cl)cc1. The third-order valence-electron chi connectivity index (χ3n) is 2.78. The van der Waals surface area contributed by atoms with Crippen LogP contribution in [-0.2, 0) is 4.79 Å². The van der Waals surface area contributed by atoms with Gasteiger partial charge in [0.05, 0.1) is 12.4 Å². The molecular weight excluding hydrogens is 361 g/mol. The van der Waals surface area contributed by atoms with Crippen molar-refractivity contribution in [2.24, 2.45) is 15.2 Å². The molecule has 8 heteroatoms. The molecule has 0 spiro atoms. The number of aliphatic imine (C=N–C) groups is 1. The van der Waals surface area contributed by atoms with Crippen molar-refractivity contribution in [1.29, 1.82) is 0 Å². The topological polar surface area (TPSA) is 78.2 Å². The van der Waals surface area contributed by atoms with Crippen LogP contribution in [0.1, 0.15) is 18.1 Å². The molecule has 2 aromatic rings. The van der Waals surface area contributed by atoms with Gasteiger partial charge in [-0.1, -0.05) is 47.5 Å². The molecule has 0 aliphatic carbocycles. The lowest BCUT2D eigenvalue weighted by Crippen LogP contribution is -2.31. The number of halogens is 2. The Kier molecular flexibility index (Phi) is 7.13. The van der Waals surface area contributed by atoms with E-state index in [4.69, 9.17) is 23.2 Å². The summed E-state index contributed by atoms with van der Waals surface area (Å²) in [5.74, 6) is -0.290. The Labute approximate surface area is 155 Å². The van der Waals surface area contributed by atoms with Crippen molar-refractivity contribution in [2.75, 3.05) is 0 Å². The quantitative estimate of drug-likeness (QED) is 0.488. The minimum atomic E-state index is -0.390. The molecule has 0 aliphatic heterocycles. The molecule has 0 aliphatic rings. The molecule has 2 rings (SSSR count). The zero-order valence-electron chi connectivity index (χ0n) is 13.3. The first-order chi connectivity index (χ1) is 12.0. The Balaban J connectivity index is 1.97. The van der Waals surface area contributed by atoms with Crippen LogP contribution in [0, 0.1) is 0 Å². The highest BCUT2D eigenvalue weighted by molar-refractivity contribution is 6.30. The van der Waals surface area contributed by atoms with E-state index in [2.05, 4.69) is 26.0 Å². The van der Waals surface area contributed by atoms with Crippen molar-refractivity contribution in [1.82, 2.24) is 10.9 Å².